The van der Waals surface area contributed by atoms with Crippen LogP contribution in [0, 0.1) is 17.0 Å². The lowest BCUT2D eigenvalue weighted by atomic mass is 10.2. The van der Waals surface area contributed by atoms with Crippen LogP contribution in [0.15, 0.2) is 29.2 Å². The second-order valence-corrected chi connectivity index (χ2v) is 4.64. The molecule has 0 saturated heterocycles. The van der Waals surface area contributed by atoms with E-state index in [0.717, 1.165) is 0 Å². The number of nitrogen functional groups attached to an aromatic ring is 1. The lowest BCUT2D eigenvalue weighted by Gasteiger charge is -2.08. The highest BCUT2D eigenvalue weighted by Crippen LogP contribution is 2.18. The van der Waals surface area contributed by atoms with Crippen LogP contribution in [0.1, 0.15) is 11.3 Å². The standard InChI is InChI=1S/C12H11ClN4O3/c1-7-4-12(18)16(6-10(7)17(19)20)5-9-8(13)2-3-11(14)15-9/h2-4,6H,5H2,1H3,(H2,14,15). The molecule has 0 radical (unpaired) electrons. The monoisotopic (exact) mass is 294 g/mol. The Morgan fingerprint density at radius 2 is 2.20 bits per heavy atom. The molecule has 2 N–H and O–H groups in total. The molecule has 0 unspecified atom stereocenters. The molecule has 2 heterocycles. The molecule has 0 spiro atoms. The normalized spacial score (nSPS) is 10.5. The summed E-state index contributed by atoms with van der Waals surface area (Å²) in [5.41, 5.74) is 5.74. The predicted molar refractivity (Wildman–Crippen MR) is 74.9 cm³/mol. The third-order valence-corrected chi connectivity index (χ3v) is 3.11. The molecule has 0 saturated carbocycles. The zero-order valence-electron chi connectivity index (χ0n) is 10.5. The maximum Gasteiger partial charge on any atom is 0.288 e. The molecule has 104 valence electrons. The van der Waals surface area contributed by atoms with Gasteiger partial charge in [0, 0.05) is 11.6 Å². The van der Waals surface area contributed by atoms with Crippen molar-refractivity contribution in [3.8, 4) is 0 Å². The molecule has 0 aliphatic rings. The van der Waals surface area contributed by atoms with Gasteiger partial charge in [-0.25, -0.2) is 4.98 Å². The topological polar surface area (TPSA) is 104 Å². The van der Waals surface area contributed by atoms with E-state index in [1.807, 2.05) is 0 Å². The number of anilines is 1. The lowest BCUT2D eigenvalue weighted by molar-refractivity contribution is -0.385. The molecule has 0 amide bonds. The molecule has 2 aromatic rings. The molecule has 0 aliphatic heterocycles. The van der Waals surface area contributed by atoms with Gasteiger partial charge in [0.15, 0.2) is 0 Å². The van der Waals surface area contributed by atoms with Gasteiger partial charge < -0.3 is 10.3 Å². The Morgan fingerprint density at radius 1 is 1.50 bits per heavy atom. The zero-order chi connectivity index (χ0) is 14.9. The Labute approximate surface area is 118 Å². The van der Waals surface area contributed by atoms with Crippen LogP contribution >= 0.6 is 11.6 Å². The Morgan fingerprint density at radius 3 is 2.85 bits per heavy atom. The van der Waals surface area contributed by atoms with Crippen molar-refractivity contribution in [3.63, 3.8) is 0 Å². The van der Waals surface area contributed by atoms with Crippen LogP contribution in [0.3, 0.4) is 0 Å². The highest BCUT2D eigenvalue weighted by molar-refractivity contribution is 6.31. The Bertz CT molecular complexity index is 742. The number of nitrogens with two attached hydrogens (primary N) is 1. The summed E-state index contributed by atoms with van der Waals surface area (Å²) >= 11 is 5.96. The Hall–Kier alpha value is -2.41. The van der Waals surface area contributed by atoms with Gasteiger partial charge in [-0.05, 0) is 19.1 Å². The third kappa shape index (κ3) is 2.77. The maximum atomic E-state index is 11.9. The van der Waals surface area contributed by atoms with Crippen molar-refractivity contribution in [1.29, 1.82) is 0 Å². The smallest absolute Gasteiger partial charge is 0.288 e. The largest absolute Gasteiger partial charge is 0.384 e. The third-order valence-electron chi connectivity index (χ3n) is 2.76. The molecule has 0 aliphatic carbocycles. The summed E-state index contributed by atoms with van der Waals surface area (Å²) in [6.07, 6.45) is 1.18. The Kier molecular flexibility index (Phi) is 3.71. The molecule has 7 nitrogen and oxygen atoms in total. The number of aromatic nitrogens is 2. The summed E-state index contributed by atoms with van der Waals surface area (Å²) in [6, 6.07) is 4.30. The number of nitro groups is 1. The minimum Gasteiger partial charge on any atom is -0.384 e. The molecule has 0 aromatic carbocycles. The fraction of sp³-hybridized carbons (Fsp3) is 0.167. The van der Waals surface area contributed by atoms with Crippen molar-refractivity contribution in [2.75, 3.05) is 5.73 Å². The van der Waals surface area contributed by atoms with Gasteiger partial charge >= 0.3 is 0 Å². The van der Waals surface area contributed by atoms with Gasteiger partial charge in [-0.3, -0.25) is 14.9 Å². The first-order chi connectivity index (χ1) is 9.38. The first-order valence-electron chi connectivity index (χ1n) is 5.65. The SMILES string of the molecule is Cc1cc(=O)n(Cc2nc(N)ccc2Cl)cc1[N+](=O)[O-]. The number of pyridine rings is 2. The molecule has 2 rings (SSSR count). The number of halogens is 1. The first-order valence-corrected chi connectivity index (χ1v) is 6.02. The number of hydrogen-bond acceptors (Lipinski definition) is 5. The van der Waals surface area contributed by atoms with Crippen LogP contribution < -0.4 is 11.3 Å². The van der Waals surface area contributed by atoms with Gasteiger partial charge in [-0.15, -0.1) is 0 Å². The summed E-state index contributed by atoms with van der Waals surface area (Å²) < 4.78 is 1.18. The highest BCUT2D eigenvalue weighted by atomic mass is 35.5. The first kappa shape index (κ1) is 14.0. The molecule has 8 heteroatoms. The zero-order valence-corrected chi connectivity index (χ0v) is 11.3. The Balaban J connectivity index is 2.48. The van der Waals surface area contributed by atoms with E-state index < -0.39 is 4.92 Å². The second kappa shape index (κ2) is 5.30. The number of hydrogen-bond donors (Lipinski definition) is 1. The van der Waals surface area contributed by atoms with E-state index in [2.05, 4.69) is 4.98 Å². The second-order valence-electron chi connectivity index (χ2n) is 4.23. The molecule has 0 fully saturated rings. The van der Waals surface area contributed by atoms with E-state index in [-0.39, 0.29) is 23.6 Å². The highest BCUT2D eigenvalue weighted by Gasteiger charge is 2.14. The van der Waals surface area contributed by atoms with E-state index in [4.69, 9.17) is 17.3 Å². The van der Waals surface area contributed by atoms with Gasteiger partial charge in [-0.1, -0.05) is 11.6 Å². The predicted octanol–water partition coefficient (Wildman–Crippen LogP) is 1.74. The van der Waals surface area contributed by atoms with Crippen LogP contribution in [0.25, 0.3) is 0 Å². The average molecular weight is 295 g/mol. The van der Waals surface area contributed by atoms with Gasteiger partial charge in [0.05, 0.1) is 28.4 Å². The van der Waals surface area contributed by atoms with Crippen LogP contribution in [0.4, 0.5) is 11.5 Å². The van der Waals surface area contributed by atoms with Crippen LogP contribution in [-0.4, -0.2) is 14.5 Å². The van der Waals surface area contributed by atoms with Gasteiger partial charge in [0.1, 0.15) is 5.82 Å². The summed E-state index contributed by atoms with van der Waals surface area (Å²) in [7, 11) is 0. The van der Waals surface area contributed by atoms with Crippen LogP contribution in [0.5, 0.6) is 0 Å². The molecular formula is C12H11ClN4O3. The molecule has 0 bridgehead atoms. The number of aryl methyl sites for hydroxylation is 1. The molecule has 20 heavy (non-hydrogen) atoms. The van der Waals surface area contributed by atoms with E-state index in [1.165, 1.54) is 29.8 Å². The van der Waals surface area contributed by atoms with Crippen molar-refractivity contribution in [2.24, 2.45) is 0 Å². The number of rotatable bonds is 3. The van der Waals surface area contributed by atoms with E-state index in [9.17, 15) is 14.9 Å². The van der Waals surface area contributed by atoms with Gasteiger partial charge in [0.2, 0.25) is 0 Å². The van der Waals surface area contributed by atoms with Crippen LogP contribution in [-0.2, 0) is 6.54 Å². The average Bonchev–Trinajstić information content (AvgIpc) is 2.36. The fourth-order valence-corrected chi connectivity index (χ4v) is 1.91. The minimum atomic E-state index is -0.542. The maximum absolute atomic E-state index is 11.9. The van der Waals surface area contributed by atoms with Crippen LogP contribution in [0.2, 0.25) is 5.02 Å². The molecular weight excluding hydrogens is 284 g/mol. The molecule has 2 aromatic heterocycles. The summed E-state index contributed by atoms with van der Waals surface area (Å²) in [5, 5.41) is 11.2. The van der Waals surface area contributed by atoms with E-state index in [1.54, 1.807) is 6.07 Å². The van der Waals surface area contributed by atoms with E-state index >= 15 is 0 Å². The van der Waals surface area contributed by atoms with Gasteiger partial charge in [-0.2, -0.15) is 0 Å². The lowest BCUT2D eigenvalue weighted by Crippen LogP contribution is -2.21. The molecule has 0 atom stereocenters. The number of nitrogens with zero attached hydrogens (tertiary/aromatic N) is 3. The summed E-state index contributed by atoms with van der Waals surface area (Å²) in [4.78, 5) is 26.2. The van der Waals surface area contributed by atoms with Crippen molar-refractivity contribution < 1.29 is 4.92 Å². The quantitative estimate of drug-likeness (QED) is 0.686. The van der Waals surface area contributed by atoms with Crippen molar-refractivity contribution in [3.05, 3.63) is 61.1 Å². The van der Waals surface area contributed by atoms with Crippen molar-refractivity contribution >= 4 is 23.1 Å². The van der Waals surface area contributed by atoms with E-state index in [0.29, 0.717) is 16.3 Å². The summed E-state index contributed by atoms with van der Waals surface area (Å²) in [5.74, 6) is 0.263. The van der Waals surface area contributed by atoms with Gasteiger partial charge in [0.25, 0.3) is 11.2 Å². The minimum absolute atomic E-state index is 0.0177. The van der Waals surface area contributed by atoms with Crippen molar-refractivity contribution in [1.82, 2.24) is 9.55 Å². The fourth-order valence-electron chi connectivity index (χ4n) is 1.74. The van der Waals surface area contributed by atoms with Crippen molar-refractivity contribution in [2.45, 2.75) is 13.5 Å². The summed E-state index contributed by atoms with van der Waals surface area (Å²) in [6.45, 7) is 1.53.